The van der Waals surface area contributed by atoms with E-state index < -0.39 is 0 Å². The fourth-order valence-electron chi connectivity index (χ4n) is 2.82. The normalized spacial score (nSPS) is 19.6. The molecule has 1 fully saturated rings. The van der Waals surface area contributed by atoms with Crippen LogP contribution in [-0.4, -0.2) is 32.8 Å². The number of piperidine rings is 1. The fraction of sp³-hybridized carbons (Fsp3) is 0.647. The molecule has 0 spiro atoms. The maximum absolute atomic E-state index is 5.30. The number of methoxy groups -OCH3 is 1. The Balaban J connectivity index is 1.91. The lowest BCUT2D eigenvalue weighted by atomic mass is 9.98. The highest BCUT2D eigenvalue weighted by molar-refractivity contribution is 5.48. The minimum absolute atomic E-state index is 0.534. The molecule has 1 aromatic rings. The van der Waals surface area contributed by atoms with E-state index in [9.17, 15) is 0 Å². The zero-order chi connectivity index (χ0) is 14.4. The van der Waals surface area contributed by atoms with Crippen molar-refractivity contribution in [3.63, 3.8) is 0 Å². The number of hydrogen-bond acceptors (Lipinski definition) is 3. The highest BCUT2D eigenvalue weighted by atomic mass is 16.5. The van der Waals surface area contributed by atoms with Gasteiger partial charge >= 0.3 is 0 Å². The van der Waals surface area contributed by atoms with Gasteiger partial charge in [0.1, 0.15) is 0 Å². The first-order chi connectivity index (χ1) is 9.69. The average molecular weight is 276 g/mol. The van der Waals surface area contributed by atoms with Gasteiger partial charge in [0, 0.05) is 38.5 Å². The Morgan fingerprint density at radius 3 is 2.70 bits per heavy atom. The van der Waals surface area contributed by atoms with Crippen LogP contribution in [0.3, 0.4) is 0 Å². The Kier molecular flexibility index (Phi) is 5.86. The molecule has 0 bridgehead atoms. The van der Waals surface area contributed by atoms with Crippen LogP contribution in [0.25, 0.3) is 0 Å². The smallest absolute Gasteiger partial charge is 0.0507 e. The Labute approximate surface area is 123 Å². The zero-order valence-electron chi connectivity index (χ0n) is 13.1. The molecule has 1 atom stereocenters. The molecule has 1 heterocycles. The van der Waals surface area contributed by atoms with Crippen molar-refractivity contribution in [3.8, 4) is 0 Å². The van der Waals surface area contributed by atoms with Gasteiger partial charge in [0.15, 0.2) is 0 Å². The Hall–Kier alpha value is -1.06. The molecular weight excluding hydrogens is 248 g/mol. The topological polar surface area (TPSA) is 24.5 Å². The molecule has 1 unspecified atom stereocenters. The van der Waals surface area contributed by atoms with E-state index in [1.165, 1.54) is 30.6 Å². The summed E-state index contributed by atoms with van der Waals surface area (Å²) in [6.07, 6.45) is 2.56. The van der Waals surface area contributed by atoms with Crippen LogP contribution in [0.2, 0.25) is 0 Å². The van der Waals surface area contributed by atoms with Crippen LogP contribution in [0.4, 0.5) is 5.69 Å². The standard InChI is InChI=1S/C17H28N2O/c1-14(2)18-11-15-6-8-17(9-7-15)19-10-4-5-16(12-19)13-20-3/h6-9,14,16,18H,4-5,10-13H2,1-3H3. The molecule has 3 nitrogen and oxygen atoms in total. The van der Waals surface area contributed by atoms with Crippen LogP contribution >= 0.6 is 0 Å². The molecule has 0 saturated carbocycles. The first-order valence-electron chi connectivity index (χ1n) is 7.75. The number of nitrogens with zero attached hydrogens (tertiary/aromatic N) is 1. The lowest BCUT2D eigenvalue weighted by Gasteiger charge is -2.34. The van der Waals surface area contributed by atoms with Gasteiger partial charge in [0.2, 0.25) is 0 Å². The first kappa shape index (κ1) is 15.3. The van der Waals surface area contributed by atoms with Crippen LogP contribution in [0, 0.1) is 5.92 Å². The molecule has 2 rings (SSSR count). The Morgan fingerprint density at radius 1 is 1.30 bits per heavy atom. The molecule has 0 aliphatic carbocycles. The summed E-state index contributed by atoms with van der Waals surface area (Å²) in [7, 11) is 1.80. The molecule has 20 heavy (non-hydrogen) atoms. The van der Waals surface area contributed by atoms with Gasteiger partial charge in [0.25, 0.3) is 0 Å². The highest BCUT2D eigenvalue weighted by Crippen LogP contribution is 2.23. The van der Waals surface area contributed by atoms with E-state index in [0.717, 1.165) is 19.7 Å². The van der Waals surface area contributed by atoms with Crippen LogP contribution in [0.1, 0.15) is 32.3 Å². The van der Waals surface area contributed by atoms with E-state index in [0.29, 0.717) is 12.0 Å². The van der Waals surface area contributed by atoms with Crippen LogP contribution in [0.5, 0.6) is 0 Å². The van der Waals surface area contributed by atoms with E-state index in [-0.39, 0.29) is 0 Å². The van der Waals surface area contributed by atoms with Crippen molar-refractivity contribution in [2.75, 3.05) is 31.7 Å². The predicted octanol–water partition coefficient (Wildman–Crippen LogP) is 3.05. The van der Waals surface area contributed by atoms with Crippen molar-refractivity contribution >= 4 is 5.69 Å². The number of anilines is 1. The Bertz CT molecular complexity index is 386. The van der Waals surface area contributed by atoms with Crippen LogP contribution < -0.4 is 10.2 Å². The largest absolute Gasteiger partial charge is 0.384 e. The van der Waals surface area contributed by atoms with Crippen molar-refractivity contribution < 1.29 is 4.74 Å². The summed E-state index contributed by atoms with van der Waals surface area (Å²) in [5, 5.41) is 3.45. The van der Waals surface area contributed by atoms with Crippen molar-refractivity contribution in [2.45, 2.75) is 39.3 Å². The van der Waals surface area contributed by atoms with Gasteiger partial charge < -0.3 is 15.0 Å². The highest BCUT2D eigenvalue weighted by Gasteiger charge is 2.19. The third-order valence-electron chi connectivity index (χ3n) is 3.94. The monoisotopic (exact) mass is 276 g/mol. The summed E-state index contributed by atoms with van der Waals surface area (Å²) in [5.41, 5.74) is 2.70. The zero-order valence-corrected chi connectivity index (χ0v) is 13.1. The second-order valence-corrected chi connectivity index (χ2v) is 6.11. The molecular formula is C17H28N2O. The lowest BCUT2D eigenvalue weighted by Crippen LogP contribution is -2.37. The molecule has 1 aromatic carbocycles. The summed E-state index contributed by atoms with van der Waals surface area (Å²) < 4.78 is 5.30. The van der Waals surface area contributed by atoms with Crippen molar-refractivity contribution in [2.24, 2.45) is 5.92 Å². The van der Waals surface area contributed by atoms with Gasteiger partial charge in [-0.2, -0.15) is 0 Å². The number of ether oxygens (including phenoxy) is 1. The second kappa shape index (κ2) is 7.65. The van der Waals surface area contributed by atoms with Crippen molar-refractivity contribution in [3.05, 3.63) is 29.8 Å². The summed E-state index contributed by atoms with van der Waals surface area (Å²) in [4.78, 5) is 2.49. The number of nitrogens with one attached hydrogen (secondary N) is 1. The average Bonchev–Trinajstić information content (AvgIpc) is 2.46. The van der Waals surface area contributed by atoms with Crippen molar-refractivity contribution in [1.29, 1.82) is 0 Å². The number of rotatable bonds is 6. The van der Waals surface area contributed by atoms with Gasteiger partial charge in [-0.05, 0) is 36.5 Å². The Morgan fingerprint density at radius 2 is 2.05 bits per heavy atom. The van der Waals surface area contributed by atoms with Crippen LogP contribution in [-0.2, 0) is 11.3 Å². The molecule has 3 heteroatoms. The quantitative estimate of drug-likeness (QED) is 0.864. The summed E-state index contributed by atoms with van der Waals surface area (Å²) in [6.45, 7) is 8.48. The van der Waals surface area contributed by atoms with Gasteiger partial charge in [-0.25, -0.2) is 0 Å². The molecule has 1 saturated heterocycles. The lowest BCUT2D eigenvalue weighted by molar-refractivity contribution is 0.143. The summed E-state index contributed by atoms with van der Waals surface area (Å²) >= 11 is 0. The van der Waals surface area contributed by atoms with E-state index in [2.05, 4.69) is 48.3 Å². The number of benzene rings is 1. The third kappa shape index (κ3) is 4.50. The predicted molar refractivity (Wildman–Crippen MR) is 85.2 cm³/mol. The van der Waals surface area contributed by atoms with Gasteiger partial charge in [-0.15, -0.1) is 0 Å². The summed E-state index contributed by atoms with van der Waals surface area (Å²) in [6, 6.07) is 9.53. The molecule has 0 amide bonds. The minimum Gasteiger partial charge on any atom is -0.384 e. The molecule has 1 N–H and O–H groups in total. The van der Waals surface area contributed by atoms with Gasteiger partial charge in [0.05, 0.1) is 6.61 Å². The second-order valence-electron chi connectivity index (χ2n) is 6.11. The molecule has 1 aliphatic heterocycles. The van der Waals surface area contributed by atoms with E-state index in [1.54, 1.807) is 7.11 Å². The number of hydrogen-bond donors (Lipinski definition) is 1. The SMILES string of the molecule is COCC1CCCN(c2ccc(CNC(C)C)cc2)C1. The minimum atomic E-state index is 0.534. The molecule has 0 radical (unpaired) electrons. The van der Waals surface area contributed by atoms with Crippen molar-refractivity contribution in [1.82, 2.24) is 5.32 Å². The fourth-order valence-corrected chi connectivity index (χ4v) is 2.82. The molecule has 112 valence electrons. The van der Waals surface area contributed by atoms with Crippen LogP contribution in [0.15, 0.2) is 24.3 Å². The van der Waals surface area contributed by atoms with E-state index in [1.807, 2.05) is 0 Å². The summed E-state index contributed by atoms with van der Waals surface area (Å²) in [5.74, 6) is 0.677. The van der Waals surface area contributed by atoms with E-state index in [4.69, 9.17) is 4.74 Å². The van der Waals surface area contributed by atoms with Gasteiger partial charge in [-0.1, -0.05) is 26.0 Å². The maximum Gasteiger partial charge on any atom is 0.0507 e. The maximum atomic E-state index is 5.30. The third-order valence-corrected chi connectivity index (χ3v) is 3.94. The molecule has 1 aliphatic rings. The first-order valence-corrected chi connectivity index (χ1v) is 7.75. The molecule has 0 aromatic heterocycles. The van der Waals surface area contributed by atoms with Gasteiger partial charge in [-0.3, -0.25) is 0 Å². The van der Waals surface area contributed by atoms with E-state index >= 15 is 0 Å².